The number of benzene rings is 1. The van der Waals surface area contributed by atoms with E-state index in [1.165, 1.54) is 44.9 Å². The van der Waals surface area contributed by atoms with E-state index in [-0.39, 0.29) is 0 Å². The Hall–Kier alpha value is -1.34. The third-order valence-corrected chi connectivity index (χ3v) is 8.08. The van der Waals surface area contributed by atoms with Crippen LogP contribution in [0.15, 0.2) is 54.1 Å². The van der Waals surface area contributed by atoms with E-state index in [0.717, 1.165) is 21.9 Å². The molecule has 0 aromatic heterocycles. The average molecular weight is 333 g/mol. The van der Waals surface area contributed by atoms with E-state index in [0.29, 0.717) is 5.04 Å². The van der Waals surface area contributed by atoms with Crippen molar-refractivity contribution in [1.82, 2.24) is 0 Å². The van der Waals surface area contributed by atoms with Gasteiger partial charge in [0.25, 0.3) is 0 Å². The lowest BCUT2D eigenvalue weighted by Crippen LogP contribution is -2.25. The first kappa shape index (κ1) is 16.1. The summed E-state index contributed by atoms with van der Waals surface area (Å²) >= 11 is 0. The molecule has 0 amide bonds. The molecule has 3 aliphatic carbocycles. The second kappa shape index (κ2) is 6.88. The van der Waals surface area contributed by atoms with Crippen LogP contribution < -0.4 is 0 Å². The van der Waals surface area contributed by atoms with E-state index in [1.54, 1.807) is 21.9 Å². The van der Waals surface area contributed by atoms with Gasteiger partial charge in [0.2, 0.25) is 0 Å². The highest BCUT2D eigenvalue weighted by molar-refractivity contribution is 6.65. The second-order valence-electron chi connectivity index (χ2n) is 7.97. The maximum absolute atomic E-state index is 2.56. The summed E-state index contributed by atoms with van der Waals surface area (Å²) in [6.45, 7) is 2.36. The highest BCUT2D eigenvalue weighted by Gasteiger charge is 2.35. The number of hydrogen-bond acceptors (Lipinski definition) is 0. The van der Waals surface area contributed by atoms with Gasteiger partial charge in [0.1, 0.15) is 0 Å². The maximum atomic E-state index is 2.56. The van der Waals surface area contributed by atoms with Gasteiger partial charge in [0.05, 0.1) is 9.52 Å². The van der Waals surface area contributed by atoms with Crippen molar-refractivity contribution < 1.29 is 0 Å². The third-order valence-electron chi connectivity index (χ3n) is 6.07. The van der Waals surface area contributed by atoms with Gasteiger partial charge in [0.15, 0.2) is 0 Å². The topological polar surface area (TPSA) is 0 Å². The van der Waals surface area contributed by atoms with Crippen LogP contribution >= 0.6 is 0 Å². The predicted molar refractivity (Wildman–Crippen MR) is 105 cm³/mol. The van der Waals surface area contributed by atoms with Crippen molar-refractivity contribution in [3.63, 3.8) is 0 Å². The van der Waals surface area contributed by atoms with Crippen LogP contribution in [0.5, 0.6) is 0 Å². The molecule has 3 aliphatic rings. The standard InChI is InChI=1S/C23H28Si/c1-18-16-20-12-6-7-13-21(20)22(18)24-23(14-8-3-9-15-23)17-19-10-4-2-5-11-19/h3,6-9,12-14,19H,2,4-5,10-11,15-17H2,1H3. The van der Waals surface area contributed by atoms with Gasteiger partial charge in [-0.1, -0.05) is 91.4 Å². The maximum Gasteiger partial charge on any atom is 0.0935 e. The van der Waals surface area contributed by atoms with Crippen LogP contribution in [0.1, 0.15) is 63.0 Å². The SMILES string of the molecule is CC1=C([Si]C2(CC3CCCCC3)C=CC=CC2)c2ccccc2C1. The van der Waals surface area contributed by atoms with Crippen molar-refractivity contribution in [3.8, 4) is 0 Å². The number of rotatable bonds is 4. The molecular formula is C23H28Si. The second-order valence-corrected chi connectivity index (χ2v) is 9.72. The van der Waals surface area contributed by atoms with E-state index in [4.69, 9.17) is 0 Å². The molecule has 0 heterocycles. The fourth-order valence-corrected chi connectivity index (χ4v) is 6.78. The molecule has 1 aromatic rings. The number of fused-ring (bicyclic) bond motifs is 1. The molecule has 4 rings (SSSR count). The monoisotopic (exact) mass is 332 g/mol. The number of hydrogen-bond donors (Lipinski definition) is 0. The minimum Gasteiger partial charge on any atom is -0.0840 e. The number of allylic oxidation sites excluding steroid dienone is 5. The minimum absolute atomic E-state index is 0.380. The molecular weight excluding hydrogens is 304 g/mol. The van der Waals surface area contributed by atoms with Crippen LogP contribution in [0.3, 0.4) is 0 Å². The Labute approximate surface area is 149 Å². The van der Waals surface area contributed by atoms with Gasteiger partial charge in [-0.2, -0.15) is 0 Å². The molecule has 0 aliphatic heterocycles. The smallest absolute Gasteiger partial charge is 0.0840 e. The van der Waals surface area contributed by atoms with Crippen molar-refractivity contribution in [2.45, 2.75) is 63.3 Å². The van der Waals surface area contributed by atoms with Crippen molar-refractivity contribution in [2.75, 3.05) is 0 Å². The predicted octanol–water partition coefficient (Wildman–Crippen LogP) is 6.32. The third kappa shape index (κ3) is 3.24. The average Bonchev–Trinajstić information content (AvgIpc) is 2.92. The van der Waals surface area contributed by atoms with Crippen LogP contribution in [0.4, 0.5) is 0 Å². The fraction of sp³-hybridized carbons (Fsp3) is 0.478. The molecule has 0 bridgehead atoms. The zero-order valence-electron chi connectivity index (χ0n) is 14.9. The molecule has 1 saturated carbocycles. The molecule has 124 valence electrons. The van der Waals surface area contributed by atoms with E-state index < -0.39 is 0 Å². The Balaban J connectivity index is 1.60. The Bertz CT molecular complexity index is 688. The molecule has 0 spiro atoms. The lowest BCUT2D eigenvalue weighted by Gasteiger charge is -2.36. The summed E-state index contributed by atoms with van der Waals surface area (Å²) in [6, 6.07) is 9.08. The van der Waals surface area contributed by atoms with Crippen LogP contribution in [-0.4, -0.2) is 9.52 Å². The summed E-state index contributed by atoms with van der Waals surface area (Å²) in [5.41, 5.74) is 4.69. The Morgan fingerprint density at radius 3 is 2.71 bits per heavy atom. The zero-order chi connectivity index (χ0) is 16.4. The first-order chi connectivity index (χ1) is 11.8. The van der Waals surface area contributed by atoms with Crippen LogP contribution in [-0.2, 0) is 6.42 Å². The Morgan fingerprint density at radius 2 is 1.92 bits per heavy atom. The molecule has 0 N–H and O–H groups in total. The molecule has 1 aromatic carbocycles. The quantitative estimate of drug-likeness (QED) is 0.566. The molecule has 24 heavy (non-hydrogen) atoms. The Kier molecular flexibility index (Phi) is 4.63. The van der Waals surface area contributed by atoms with Crippen LogP contribution in [0, 0.1) is 5.92 Å². The van der Waals surface area contributed by atoms with Gasteiger partial charge < -0.3 is 0 Å². The van der Waals surface area contributed by atoms with Crippen molar-refractivity contribution in [3.05, 3.63) is 65.3 Å². The Morgan fingerprint density at radius 1 is 1.08 bits per heavy atom. The molecule has 1 atom stereocenters. The molecule has 0 nitrogen and oxygen atoms in total. The lowest BCUT2D eigenvalue weighted by atomic mass is 9.80. The molecule has 2 radical (unpaired) electrons. The largest absolute Gasteiger partial charge is 0.0935 e. The van der Waals surface area contributed by atoms with E-state index in [1.807, 2.05) is 0 Å². The van der Waals surface area contributed by atoms with Crippen LogP contribution in [0.2, 0.25) is 5.04 Å². The van der Waals surface area contributed by atoms with E-state index >= 15 is 0 Å². The van der Waals surface area contributed by atoms with E-state index in [2.05, 4.69) is 55.5 Å². The minimum atomic E-state index is 0.380. The molecule has 1 unspecified atom stereocenters. The van der Waals surface area contributed by atoms with Crippen molar-refractivity contribution >= 4 is 14.7 Å². The summed E-state index contributed by atoms with van der Waals surface area (Å²) in [7, 11) is 0.919. The summed E-state index contributed by atoms with van der Waals surface area (Å²) in [5.74, 6) is 0.944. The fourth-order valence-electron chi connectivity index (χ4n) is 4.81. The first-order valence-corrected chi connectivity index (χ1v) is 10.7. The van der Waals surface area contributed by atoms with Gasteiger partial charge >= 0.3 is 0 Å². The van der Waals surface area contributed by atoms with Gasteiger partial charge in [-0.3, -0.25) is 0 Å². The highest BCUT2D eigenvalue weighted by atomic mass is 28.2. The summed E-state index contributed by atoms with van der Waals surface area (Å²) in [5, 5.41) is 2.05. The van der Waals surface area contributed by atoms with Gasteiger partial charge in [-0.15, -0.1) is 0 Å². The summed E-state index contributed by atoms with van der Waals surface area (Å²) in [4.78, 5) is 0. The summed E-state index contributed by atoms with van der Waals surface area (Å²) < 4.78 is 0. The van der Waals surface area contributed by atoms with Crippen molar-refractivity contribution in [2.24, 2.45) is 5.92 Å². The highest BCUT2D eigenvalue weighted by Crippen LogP contribution is 2.48. The molecule has 1 heteroatoms. The lowest BCUT2D eigenvalue weighted by molar-refractivity contribution is 0.314. The molecule has 0 saturated heterocycles. The van der Waals surface area contributed by atoms with E-state index in [9.17, 15) is 0 Å². The van der Waals surface area contributed by atoms with Gasteiger partial charge in [-0.25, -0.2) is 0 Å². The summed E-state index contributed by atoms with van der Waals surface area (Å²) in [6.07, 6.45) is 20.6. The van der Waals surface area contributed by atoms with Crippen LogP contribution in [0.25, 0.3) is 5.20 Å². The van der Waals surface area contributed by atoms with Gasteiger partial charge in [0, 0.05) is 0 Å². The first-order valence-electron chi connectivity index (χ1n) is 9.66. The van der Waals surface area contributed by atoms with Crippen molar-refractivity contribution in [1.29, 1.82) is 0 Å². The normalized spacial score (nSPS) is 26.9. The zero-order valence-corrected chi connectivity index (χ0v) is 15.9. The molecule has 1 fully saturated rings. The van der Waals surface area contributed by atoms with Gasteiger partial charge in [-0.05, 0) is 48.3 Å².